The highest BCUT2D eigenvalue weighted by atomic mass is 79.9. The zero-order valence-corrected chi connectivity index (χ0v) is 21.5. The number of carbonyl (C=O) groups excluding carboxylic acids is 1. The van der Waals surface area contributed by atoms with Gasteiger partial charge < -0.3 is 20.3 Å². The van der Waals surface area contributed by atoms with Crippen molar-refractivity contribution in [3.8, 4) is 5.75 Å². The highest BCUT2D eigenvalue weighted by Gasteiger charge is 2.53. The lowest BCUT2D eigenvalue weighted by atomic mass is 9.81. The zero-order valence-electron chi connectivity index (χ0n) is 20.0. The molecule has 1 heterocycles. The molecule has 190 valence electrons. The molecule has 0 unspecified atom stereocenters. The van der Waals surface area contributed by atoms with Gasteiger partial charge in [-0.25, -0.2) is 4.99 Å². The summed E-state index contributed by atoms with van der Waals surface area (Å²) in [4.78, 5) is 20.9. The van der Waals surface area contributed by atoms with Crippen LogP contribution in [0.4, 0.5) is 0 Å². The summed E-state index contributed by atoms with van der Waals surface area (Å²) in [7, 11) is 0. The van der Waals surface area contributed by atoms with Crippen molar-refractivity contribution in [2.45, 2.75) is 31.0 Å². The topological polar surface area (TPSA) is 143 Å². The highest BCUT2D eigenvalue weighted by Crippen LogP contribution is 2.44. The number of nitrogens with zero attached hydrogens (tertiary/aromatic N) is 4. The molecule has 37 heavy (non-hydrogen) atoms. The fraction of sp³-hybridized carbons (Fsp3) is 0.259. The zero-order chi connectivity index (χ0) is 26.3. The first-order valence-electron chi connectivity index (χ1n) is 11.7. The Balaban J connectivity index is 1.77. The van der Waals surface area contributed by atoms with Gasteiger partial charge in [-0.3, -0.25) is 4.79 Å². The maximum Gasteiger partial charge on any atom is 0.250 e. The average molecular weight is 564 g/mol. The van der Waals surface area contributed by atoms with Gasteiger partial charge in [-0.15, -0.1) is 0 Å². The number of aliphatic hydroxyl groups is 1. The van der Waals surface area contributed by atoms with Crippen molar-refractivity contribution in [1.29, 1.82) is 0 Å². The smallest absolute Gasteiger partial charge is 0.250 e. The molecule has 3 N–H and O–H groups in total. The molecule has 0 aromatic heterocycles. The van der Waals surface area contributed by atoms with E-state index in [0.717, 1.165) is 21.2 Å². The van der Waals surface area contributed by atoms with Crippen molar-refractivity contribution < 1.29 is 19.4 Å². The Morgan fingerprint density at radius 1 is 1.14 bits per heavy atom. The fourth-order valence-corrected chi connectivity index (χ4v) is 4.74. The second kappa shape index (κ2) is 11.9. The Bertz CT molecular complexity index is 1340. The first kappa shape index (κ1) is 26.2. The summed E-state index contributed by atoms with van der Waals surface area (Å²) in [6, 6.07) is 22.1. The predicted octanol–water partition coefficient (Wildman–Crippen LogP) is 5.01. The molecule has 0 aliphatic carbocycles. The van der Waals surface area contributed by atoms with Crippen LogP contribution in [-0.2, 0) is 22.5 Å². The van der Waals surface area contributed by atoms with Crippen molar-refractivity contribution in [1.82, 2.24) is 0 Å². The average Bonchev–Trinajstić information content (AvgIpc) is 3.29. The number of benzene rings is 3. The van der Waals surface area contributed by atoms with Crippen LogP contribution >= 0.6 is 15.9 Å². The number of primary amides is 1. The van der Waals surface area contributed by atoms with Crippen LogP contribution in [0.5, 0.6) is 5.75 Å². The quantitative estimate of drug-likeness (QED) is 0.146. The second-order valence-electron chi connectivity index (χ2n) is 8.51. The van der Waals surface area contributed by atoms with Crippen LogP contribution in [0.25, 0.3) is 10.4 Å². The fourth-order valence-electron chi connectivity index (χ4n) is 4.25. The monoisotopic (exact) mass is 563 g/mol. The third-order valence-electron chi connectivity index (χ3n) is 6.13. The summed E-state index contributed by atoms with van der Waals surface area (Å²) in [5.41, 5.74) is 16.4. The van der Waals surface area contributed by atoms with Crippen LogP contribution < -0.4 is 10.5 Å². The third-order valence-corrected chi connectivity index (χ3v) is 6.86. The lowest BCUT2D eigenvalue weighted by Gasteiger charge is -2.30. The molecule has 10 heteroatoms. The second-order valence-corrected chi connectivity index (χ2v) is 9.36. The van der Waals surface area contributed by atoms with Crippen LogP contribution in [0.15, 0.2) is 87.4 Å². The predicted molar refractivity (Wildman–Crippen MR) is 143 cm³/mol. The van der Waals surface area contributed by atoms with Crippen LogP contribution in [0.1, 0.15) is 34.8 Å². The number of nitrogens with two attached hydrogens (primary N) is 1. The lowest BCUT2D eigenvalue weighted by molar-refractivity contribution is -0.125. The molecule has 0 bridgehead atoms. The van der Waals surface area contributed by atoms with E-state index in [4.69, 9.17) is 30.8 Å². The largest absolute Gasteiger partial charge is 0.494 e. The number of halogens is 1. The normalized spacial score (nSPS) is 18.4. The van der Waals surface area contributed by atoms with E-state index in [1.165, 1.54) is 0 Å². The Kier molecular flexibility index (Phi) is 8.45. The number of carbonyl (C=O) groups is 1. The van der Waals surface area contributed by atoms with E-state index >= 15 is 0 Å². The van der Waals surface area contributed by atoms with Gasteiger partial charge in [-0.1, -0.05) is 63.5 Å². The lowest BCUT2D eigenvalue weighted by Crippen LogP contribution is -2.47. The van der Waals surface area contributed by atoms with Crippen LogP contribution in [0.3, 0.4) is 0 Å². The molecule has 1 amide bonds. The summed E-state index contributed by atoms with van der Waals surface area (Å²) >= 11 is 3.58. The van der Waals surface area contributed by atoms with Gasteiger partial charge in [0.15, 0.2) is 11.6 Å². The molecule has 0 saturated heterocycles. The number of aliphatic hydroxyl groups excluding tert-OH is 1. The highest BCUT2D eigenvalue weighted by molar-refractivity contribution is 9.10. The van der Waals surface area contributed by atoms with E-state index in [9.17, 15) is 4.79 Å². The van der Waals surface area contributed by atoms with Gasteiger partial charge in [0, 0.05) is 40.0 Å². The van der Waals surface area contributed by atoms with Gasteiger partial charge in [-0.05, 0) is 47.0 Å². The Morgan fingerprint density at radius 2 is 1.84 bits per heavy atom. The summed E-state index contributed by atoms with van der Waals surface area (Å²) in [5, 5.41) is 12.7. The first-order chi connectivity index (χ1) is 18.0. The SMILES string of the molecule is [N-]=[N+]=NCc1ccccc1C[C@@]1(C(N)=O)N=C(c2ccc(OCCCO)cc2)O[C@@H]1c1ccccc1Br. The van der Waals surface area contributed by atoms with Crippen molar-refractivity contribution in [2.24, 2.45) is 15.8 Å². The van der Waals surface area contributed by atoms with E-state index in [0.29, 0.717) is 24.3 Å². The van der Waals surface area contributed by atoms with Crippen molar-refractivity contribution in [3.63, 3.8) is 0 Å². The van der Waals surface area contributed by atoms with E-state index in [1.54, 1.807) is 24.3 Å². The molecular formula is C27H26BrN5O4. The van der Waals surface area contributed by atoms with E-state index in [-0.39, 0.29) is 25.5 Å². The number of aliphatic imine (C=N–C) groups is 1. The molecule has 9 nitrogen and oxygen atoms in total. The minimum Gasteiger partial charge on any atom is -0.494 e. The molecule has 3 aromatic carbocycles. The summed E-state index contributed by atoms with van der Waals surface area (Å²) < 4.78 is 12.8. The Labute approximate surface area is 222 Å². The van der Waals surface area contributed by atoms with Crippen LogP contribution in [0.2, 0.25) is 0 Å². The third kappa shape index (κ3) is 5.77. The van der Waals surface area contributed by atoms with Gasteiger partial charge in [-0.2, -0.15) is 0 Å². The van der Waals surface area contributed by atoms with Gasteiger partial charge in [0.1, 0.15) is 5.75 Å². The maximum atomic E-state index is 13.2. The molecule has 1 aliphatic heterocycles. The van der Waals surface area contributed by atoms with Gasteiger partial charge in [0.2, 0.25) is 11.8 Å². The number of hydrogen-bond acceptors (Lipinski definition) is 6. The number of azide groups is 1. The molecule has 0 radical (unpaired) electrons. The molecule has 0 fully saturated rings. The molecule has 0 spiro atoms. The molecule has 0 saturated carbocycles. The number of ether oxygens (including phenoxy) is 2. The molecule has 2 atom stereocenters. The van der Waals surface area contributed by atoms with Crippen molar-refractivity contribution in [2.75, 3.05) is 13.2 Å². The van der Waals surface area contributed by atoms with E-state index in [1.807, 2.05) is 48.5 Å². The minimum atomic E-state index is -1.46. The van der Waals surface area contributed by atoms with Crippen molar-refractivity contribution >= 4 is 27.7 Å². The summed E-state index contributed by atoms with van der Waals surface area (Å²) in [6.45, 7) is 0.591. The number of hydrogen-bond donors (Lipinski definition) is 2. The minimum absolute atomic E-state index is 0.0559. The van der Waals surface area contributed by atoms with Gasteiger partial charge in [0.25, 0.3) is 0 Å². The van der Waals surface area contributed by atoms with Crippen molar-refractivity contribution in [3.05, 3.63) is 110 Å². The molecule has 3 aromatic rings. The summed E-state index contributed by atoms with van der Waals surface area (Å²) in [6.07, 6.45) is -0.117. The molecular weight excluding hydrogens is 538 g/mol. The number of amides is 1. The van der Waals surface area contributed by atoms with Crippen LogP contribution in [-0.4, -0.2) is 35.7 Å². The molecule has 1 aliphatic rings. The van der Waals surface area contributed by atoms with Crippen LogP contribution in [0, 0.1) is 0 Å². The standard InChI is InChI=1S/C27H26BrN5O4/c28-23-9-4-3-8-22(23)24-27(26(29)35,16-19-6-1-2-7-20(19)17-31-33-30)32-25(37-24)18-10-12-21(13-11-18)36-15-5-14-34/h1-4,6-13,24,34H,5,14-17H2,(H2,29,35)/t24-,27-/m1/s1. The van der Waals surface area contributed by atoms with E-state index in [2.05, 4.69) is 26.0 Å². The van der Waals surface area contributed by atoms with E-state index < -0.39 is 17.6 Å². The summed E-state index contributed by atoms with van der Waals surface area (Å²) in [5.74, 6) is 0.297. The van der Waals surface area contributed by atoms with Gasteiger partial charge in [0.05, 0.1) is 13.2 Å². The molecule has 4 rings (SSSR count). The Hall–Kier alpha value is -3.85. The first-order valence-corrected chi connectivity index (χ1v) is 12.5. The maximum absolute atomic E-state index is 13.2. The number of rotatable bonds is 11. The van der Waals surface area contributed by atoms with Gasteiger partial charge >= 0.3 is 0 Å². The Morgan fingerprint density at radius 3 is 2.51 bits per heavy atom.